The highest BCUT2D eigenvalue weighted by Crippen LogP contribution is 2.12. The molecule has 0 aliphatic heterocycles. The average molecular weight is 250 g/mol. The van der Waals surface area contributed by atoms with E-state index in [1.807, 2.05) is 0 Å². The van der Waals surface area contributed by atoms with Crippen LogP contribution in [0, 0.1) is 0 Å². The molecule has 0 saturated heterocycles. The lowest BCUT2D eigenvalue weighted by molar-refractivity contribution is -0.136. The molecule has 0 radical (unpaired) electrons. The van der Waals surface area contributed by atoms with Crippen LogP contribution in [0.5, 0.6) is 5.75 Å². The summed E-state index contributed by atoms with van der Waals surface area (Å²) in [6.07, 6.45) is 0. The predicted molar refractivity (Wildman–Crippen MR) is 64.4 cm³/mol. The molecule has 0 bridgehead atoms. The lowest BCUT2D eigenvalue weighted by Gasteiger charge is -2.06. The van der Waals surface area contributed by atoms with Crippen LogP contribution in [0.3, 0.4) is 0 Å². The Balaban J connectivity index is 2.55. The predicted octanol–water partition coefficient (Wildman–Crippen LogP) is 1.58. The topological polar surface area (TPSA) is 61.8 Å². The average Bonchev–Trinajstić information content (AvgIpc) is 2.43. The summed E-state index contributed by atoms with van der Waals surface area (Å²) in [7, 11) is 2.77. The number of rotatable bonds is 5. The van der Waals surface area contributed by atoms with Crippen molar-refractivity contribution in [1.82, 2.24) is 0 Å². The molecule has 1 rings (SSSR count). The summed E-state index contributed by atoms with van der Waals surface area (Å²) in [6.45, 7) is 3.25. The van der Waals surface area contributed by atoms with Crippen molar-refractivity contribution < 1.29 is 23.8 Å². The Bertz CT molecular complexity index is 447. The molecule has 5 heteroatoms. The highest BCUT2D eigenvalue weighted by atomic mass is 16.5. The number of carbonyl (C=O) groups excluding carboxylic acids is 2. The molecule has 1 aromatic rings. The van der Waals surface area contributed by atoms with Gasteiger partial charge in [-0.1, -0.05) is 6.58 Å². The Kier molecular flexibility index (Phi) is 4.92. The van der Waals surface area contributed by atoms with E-state index in [0.29, 0.717) is 11.3 Å². The van der Waals surface area contributed by atoms with Crippen molar-refractivity contribution >= 4 is 11.9 Å². The second kappa shape index (κ2) is 6.44. The summed E-state index contributed by atoms with van der Waals surface area (Å²) >= 11 is 0. The van der Waals surface area contributed by atoms with E-state index in [0.717, 1.165) is 0 Å². The zero-order valence-electron chi connectivity index (χ0n) is 10.3. The van der Waals surface area contributed by atoms with Gasteiger partial charge in [-0.2, -0.15) is 0 Å². The lowest BCUT2D eigenvalue weighted by Crippen LogP contribution is -2.13. The quantitative estimate of drug-likeness (QED) is 0.586. The molecule has 0 heterocycles. The monoisotopic (exact) mass is 250 g/mol. The molecule has 0 amide bonds. The standard InChI is InChI=1S/C13H14O5/c1-9(12(14)17-3)8-18-13(15)10-4-6-11(16-2)7-5-10/h4-7H,1,8H2,2-3H3. The highest BCUT2D eigenvalue weighted by Gasteiger charge is 2.11. The maximum Gasteiger partial charge on any atom is 0.338 e. The van der Waals surface area contributed by atoms with Gasteiger partial charge in [-0.15, -0.1) is 0 Å². The summed E-state index contributed by atoms with van der Waals surface area (Å²) in [5.74, 6) is -0.495. The molecule has 0 aliphatic rings. The first-order valence-corrected chi connectivity index (χ1v) is 5.15. The summed E-state index contributed by atoms with van der Waals surface area (Å²) < 4.78 is 14.3. The van der Waals surface area contributed by atoms with Gasteiger partial charge in [0.2, 0.25) is 0 Å². The fourth-order valence-electron chi connectivity index (χ4n) is 1.17. The van der Waals surface area contributed by atoms with Crippen LogP contribution in [0.15, 0.2) is 36.4 Å². The van der Waals surface area contributed by atoms with Gasteiger partial charge in [0.15, 0.2) is 0 Å². The molecule has 0 unspecified atom stereocenters. The lowest BCUT2D eigenvalue weighted by atomic mass is 10.2. The van der Waals surface area contributed by atoms with Crippen molar-refractivity contribution in [2.75, 3.05) is 20.8 Å². The second-order valence-electron chi connectivity index (χ2n) is 3.40. The maximum atomic E-state index is 11.6. The minimum Gasteiger partial charge on any atom is -0.497 e. The first kappa shape index (κ1) is 13.8. The van der Waals surface area contributed by atoms with Gasteiger partial charge in [-0.05, 0) is 24.3 Å². The van der Waals surface area contributed by atoms with Crippen molar-refractivity contribution in [3.8, 4) is 5.75 Å². The number of ether oxygens (including phenoxy) is 3. The van der Waals surface area contributed by atoms with Crippen LogP contribution in [0.25, 0.3) is 0 Å². The van der Waals surface area contributed by atoms with E-state index in [-0.39, 0.29) is 12.2 Å². The molecular formula is C13H14O5. The van der Waals surface area contributed by atoms with Gasteiger partial charge in [0, 0.05) is 0 Å². The highest BCUT2D eigenvalue weighted by molar-refractivity contribution is 5.91. The largest absolute Gasteiger partial charge is 0.497 e. The zero-order chi connectivity index (χ0) is 13.5. The fourth-order valence-corrected chi connectivity index (χ4v) is 1.17. The van der Waals surface area contributed by atoms with Crippen molar-refractivity contribution in [2.45, 2.75) is 0 Å². The van der Waals surface area contributed by atoms with E-state index in [9.17, 15) is 9.59 Å². The van der Waals surface area contributed by atoms with Crippen LogP contribution in [-0.4, -0.2) is 32.8 Å². The van der Waals surface area contributed by atoms with E-state index < -0.39 is 11.9 Å². The van der Waals surface area contributed by atoms with Gasteiger partial charge >= 0.3 is 11.9 Å². The molecule has 18 heavy (non-hydrogen) atoms. The Morgan fingerprint density at radius 1 is 1.17 bits per heavy atom. The number of benzene rings is 1. The smallest absolute Gasteiger partial charge is 0.338 e. The molecule has 5 nitrogen and oxygen atoms in total. The molecule has 1 aromatic carbocycles. The van der Waals surface area contributed by atoms with Crippen LogP contribution in [0.2, 0.25) is 0 Å². The van der Waals surface area contributed by atoms with Crippen LogP contribution in [0.1, 0.15) is 10.4 Å². The van der Waals surface area contributed by atoms with Gasteiger partial charge in [0.1, 0.15) is 12.4 Å². The molecule has 0 atom stereocenters. The summed E-state index contributed by atoms with van der Waals surface area (Å²) in [6, 6.07) is 6.43. The van der Waals surface area contributed by atoms with Crippen molar-refractivity contribution in [2.24, 2.45) is 0 Å². The molecule has 0 aliphatic carbocycles. The third kappa shape index (κ3) is 3.62. The minimum atomic E-state index is -0.600. The molecule has 0 fully saturated rings. The van der Waals surface area contributed by atoms with Crippen LogP contribution >= 0.6 is 0 Å². The van der Waals surface area contributed by atoms with Gasteiger partial charge in [0.25, 0.3) is 0 Å². The summed E-state index contributed by atoms with van der Waals surface area (Å²) in [5, 5.41) is 0. The van der Waals surface area contributed by atoms with Crippen LogP contribution < -0.4 is 4.74 Å². The van der Waals surface area contributed by atoms with Crippen LogP contribution in [0.4, 0.5) is 0 Å². The van der Waals surface area contributed by atoms with Crippen molar-refractivity contribution in [3.05, 3.63) is 42.0 Å². The Morgan fingerprint density at radius 3 is 2.28 bits per heavy atom. The molecule has 96 valence electrons. The van der Waals surface area contributed by atoms with Crippen LogP contribution in [-0.2, 0) is 14.3 Å². The number of esters is 2. The SMILES string of the molecule is C=C(COC(=O)c1ccc(OC)cc1)C(=O)OC. The molecule has 0 saturated carbocycles. The van der Waals surface area contributed by atoms with Crippen molar-refractivity contribution in [3.63, 3.8) is 0 Å². The normalized spacial score (nSPS) is 9.44. The van der Waals surface area contributed by atoms with Gasteiger partial charge in [-0.25, -0.2) is 9.59 Å². The Morgan fingerprint density at radius 2 is 1.78 bits per heavy atom. The van der Waals surface area contributed by atoms with Gasteiger partial charge < -0.3 is 14.2 Å². The molecule has 0 aromatic heterocycles. The number of methoxy groups -OCH3 is 2. The first-order chi connectivity index (χ1) is 8.58. The minimum absolute atomic E-state index is 0.0827. The van der Waals surface area contributed by atoms with E-state index in [2.05, 4.69) is 11.3 Å². The van der Waals surface area contributed by atoms with Gasteiger partial charge in [-0.3, -0.25) is 0 Å². The summed E-state index contributed by atoms with van der Waals surface area (Å²) in [4.78, 5) is 22.6. The Labute approximate surface area is 105 Å². The van der Waals surface area contributed by atoms with Crippen molar-refractivity contribution in [1.29, 1.82) is 0 Å². The maximum absolute atomic E-state index is 11.6. The third-order valence-corrected chi connectivity index (χ3v) is 2.18. The summed E-state index contributed by atoms with van der Waals surface area (Å²) in [5.41, 5.74) is 0.452. The molecule has 0 N–H and O–H groups in total. The van der Waals surface area contributed by atoms with E-state index in [4.69, 9.17) is 9.47 Å². The molecular weight excluding hydrogens is 236 g/mol. The third-order valence-electron chi connectivity index (χ3n) is 2.18. The van der Waals surface area contributed by atoms with E-state index in [1.54, 1.807) is 24.3 Å². The molecule has 0 spiro atoms. The van der Waals surface area contributed by atoms with E-state index in [1.165, 1.54) is 14.2 Å². The second-order valence-corrected chi connectivity index (χ2v) is 3.40. The number of hydrogen-bond acceptors (Lipinski definition) is 5. The number of carbonyl (C=O) groups is 2. The Hall–Kier alpha value is -2.30. The number of hydrogen-bond donors (Lipinski definition) is 0. The van der Waals surface area contributed by atoms with E-state index >= 15 is 0 Å². The zero-order valence-corrected chi connectivity index (χ0v) is 10.3. The van der Waals surface area contributed by atoms with Gasteiger partial charge in [0.05, 0.1) is 25.4 Å². The fraction of sp³-hybridized carbons (Fsp3) is 0.231. The first-order valence-electron chi connectivity index (χ1n) is 5.15.